The van der Waals surface area contributed by atoms with Gasteiger partial charge in [0.25, 0.3) is 5.91 Å². The maximum atomic E-state index is 12.5. The van der Waals surface area contributed by atoms with E-state index in [1.807, 2.05) is 0 Å². The summed E-state index contributed by atoms with van der Waals surface area (Å²) in [6, 6.07) is 13.0. The number of amides is 1. The van der Waals surface area contributed by atoms with Crippen LogP contribution in [0.3, 0.4) is 0 Å². The monoisotopic (exact) mass is 381 g/mol. The summed E-state index contributed by atoms with van der Waals surface area (Å²) in [5.74, 6) is -2.23. The lowest BCUT2D eigenvalue weighted by Gasteiger charge is -2.24. The van der Waals surface area contributed by atoms with Crippen molar-refractivity contribution in [3.8, 4) is 0 Å². The van der Waals surface area contributed by atoms with Gasteiger partial charge < -0.3 is 10.1 Å². The van der Waals surface area contributed by atoms with Crippen molar-refractivity contribution in [2.24, 2.45) is 0 Å². The van der Waals surface area contributed by atoms with Gasteiger partial charge in [0.2, 0.25) is 0 Å². The second-order valence-corrected chi connectivity index (χ2v) is 6.66. The lowest BCUT2D eigenvalue weighted by atomic mass is 9.98. The molecule has 0 aromatic heterocycles. The topological polar surface area (TPSA) is 55.4 Å². The van der Waals surface area contributed by atoms with Gasteiger partial charge in [-0.1, -0.05) is 30.3 Å². The minimum Gasteiger partial charge on any atom is -0.448 e. The van der Waals surface area contributed by atoms with Crippen LogP contribution in [0, 0.1) is 0 Å². The minimum atomic E-state index is -4.32. The molecule has 26 heavy (non-hydrogen) atoms. The second kappa shape index (κ2) is 7.41. The van der Waals surface area contributed by atoms with Gasteiger partial charge in [0.05, 0.1) is 17.0 Å². The van der Waals surface area contributed by atoms with Gasteiger partial charge in [-0.05, 0) is 23.8 Å². The van der Waals surface area contributed by atoms with Gasteiger partial charge in [0.15, 0.2) is 6.10 Å². The summed E-state index contributed by atoms with van der Waals surface area (Å²) in [7, 11) is 0. The Kier molecular flexibility index (Phi) is 5.22. The standard InChI is InChI=1S/C18H14F3NO3S/c19-18(20,21)10-26-15-8-4-3-7-13(15)22-16(23)14-9-11-5-1-2-6-12(11)17(24)25-14/h1-8,14H,9-10H2,(H,22,23). The van der Waals surface area contributed by atoms with Gasteiger partial charge in [0, 0.05) is 11.3 Å². The number of anilines is 1. The van der Waals surface area contributed by atoms with E-state index in [1.165, 1.54) is 12.1 Å². The first-order chi connectivity index (χ1) is 12.3. The Morgan fingerprint density at radius 3 is 2.62 bits per heavy atom. The molecule has 8 heteroatoms. The summed E-state index contributed by atoms with van der Waals surface area (Å²) < 4.78 is 42.5. The van der Waals surface area contributed by atoms with E-state index in [2.05, 4.69) is 5.32 Å². The fourth-order valence-corrected chi connectivity index (χ4v) is 3.31. The smallest absolute Gasteiger partial charge is 0.398 e. The van der Waals surface area contributed by atoms with Crippen LogP contribution in [0.2, 0.25) is 0 Å². The average Bonchev–Trinajstić information content (AvgIpc) is 2.60. The normalized spacial score (nSPS) is 16.6. The van der Waals surface area contributed by atoms with Crippen molar-refractivity contribution >= 4 is 29.3 Å². The number of esters is 1. The number of nitrogens with one attached hydrogen (secondary N) is 1. The number of carbonyl (C=O) groups is 2. The number of rotatable bonds is 4. The van der Waals surface area contributed by atoms with E-state index in [9.17, 15) is 22.8 Å². The first kappa shape index (κ1) is 18.3. The number of alkyl halides is 3. The average molecular weight is 381 g/mol. The number of carbonyl (C=O) groups excluding carboxylic acids is 2. The molecule has 1 aliphatic heterocycles. The van der Waals surface area contributed by atoms with Crippen LogP contribution in [0.1, 0.15) is 15.9 Å². The molecule has 3 rings (SSSR count). The number of thioether (sulfide) groups is 1. The zero-order valence-corrected chi connectivity index (χ0v) is 14.2. The number of hydrogen-bond donors (Lipinski definition) is 1. The van der Waals surface area contributed by atoms with Crippen LogP contribution in [-0.4, -0.2) is 29.9 Å². The fraction of sp³-hybridized carbons (Fsp3) is 0.222. The molecular weight excluding hydrogens is 367 g/mol. The van der Waals surface area contributed by atoms with Crippen LogP contribution in [0.5, 0.6) is 0 Å². The van der Waals surface area contributed by atoms with Crippen LogP contribution < -0.4 is 5.32 Å². The number of ether oxygens (including phenoxy) is 1. The number of benzene rings is 2. The van der Waals surface area contributed by atoms with Crippen molar-refractivity contribution < 1.29 is 27.5 Å². The molecule has 0 fully saturated rings. The number of halogens is 3. The Bertz CT molecular complexity index is 838. The highest BCUT2D eigenvalue weighted by Crippen LogP contribution is 2.32. The first-order valence-corrected chi connectivity index (χ1v) is 8.70. The van der Waals surface area contributed by atoms with Crippen LogP contribution >= 0.6 is 11.8 Å². The Balaban J connectivity index is 1.72. The largest absolute Gasteiger partial charge is 0.448 e. The van der Waals surface area contributed by atoms with Crippen molar-refractivity contribution in [3.05, 3.63) is 59.7 Å². The molecule has 1 unspecified atom stereocenters. The van der Waals surface area contributed by atoms with Gasteiger partial charge >= 0.3 is 12.1 Å². The molecule has 1 amide bonds. The van der Waals surface area contributed by atoms with Gasteiger partial charge in [-0.3, -0.25) is 4.79 Å². The van der Waals surface area contributed by atoms with Gasteiger partial charge in [-0.15, -0.1) is 11.8 Å². The lowest BCUT2D eigenvalue weighted by molar-refractivity contribution is -0.125. The van der Waals surface area contributed by atoms with Crippen LogP contribution in [-0.2, 0) is 16.0 Å². The molecule has 4 nitrogen and oxygen atoms in total. The Morgan fingerprint density at radius 1 is 1.15 bits per heavy atom. The Hall–Kier alpha value is -2.48. The van der Waals surface area contributed by atoms with Crippen molar-refractivity contribution in [3.63, 3.8) is 0 Å². The minimum absolute atomic E-state index is 0.214. The van der Waals surface area contributed by atoms with E-state index >= 15 is 0 Å². The molecule has 0 bridgehead atoms. The number of hydrogen-bond acceptors (Lipinski definition) is 4. The lowest BCUT2D eigenvalue weighted by Crippen LogP contribution is -2.38. The zero-order valence-electron chi connectivity index (χ0n) is 13.4. The van der Waals surface area contributed by atoms with E-state index in [4.69, 9.17) is 4.74 Å². The Morgan fingerprint density at radius 2 is 1.85 bits per heavy atom. The predicted octanol–water partition coefficient (Wildman–Crippen LogP) is 4.06. The molecular formula is C18H14F3NO3S. The molecule has 0 saturated heterocycles. The molecule has 2 aromatic carbocycles. The van der Waals surface area contributed by atoms with Crippen molar-refractivity contribution in [2.75, 3.05) is 11.1 Å². The summed E-state index contributed by atoms with van der Waals surface area (Å²) in [6.45, 7) is 0. The third-order valence-corrected chi connectivity index (χ3v) is 4.86. The maximum absolute atomic E-state index is 12.5. The maximum Gasteiger partial charge on any atom is 0.398 e. The summed E-state index contributed by atoms with van der Waals surface area (Å²) in [5, 5.41) is 2.56. The molecule has 0 spiro atoms. The molecule has 1 heterocycles. The van der Waals surface area contributed by atoms with Gasteiger partial charge in [0.1, 0.15) is 0 Å². The van der Waals surface area contributed by atoms with E-state index in [-0.39, 0.29) is 12.1 Å². The quantitative estimate of drug-likeness (QED) is 0.641. The SMILES string of the molecule is O=C1OC(C(=O)Nc2ccccc2SCC(F)(F)F)Cc2ccccc21. The molecule has 1 N–H and O–H groups in total. The summed E-state index contributed by atoms with van der Waals surface area (Å²) in [4.78, 5) is 24.8. The van der Waals surface area contributed by atoms with E-state index < -0.39 is 29.9 Å². The van der Waals surface area contributed by atoms with Crippen molar-refractivity contribution in [1.82, 2.24) is 0 Å². The summed E-state index contributed by atoms with van der Waals surface area (Å²) in [5.41, 5.74) is 1.36. The van der Waals surface area contributed by atoms with Gasteiger partial charge in [-0.2, -0.15) is 13.2 Å². The highest BCUT2D eigenvalue weighted by molar-refractivity contribution is 7.99. The van der Waals surface area contributed by atoms with Crippen LogP contribution in [0.4, 0.5) is 18.9 Å². The molecule has 0 aliphatic carbocycles. The number of cyclic esters (lactones) is 1. The van der Waals surface area contributed by atoms with E-state index in [1.54, 1.807) is 36.4 Å². The zero-order chi connectivity index (χ0) is 18.7. The first-order valence-electron chi connectivity index (χ1n) is 7.72. The Labute approximate surface area is 151 Å². The fourth-order valence-electron chi connectivity index (χ4n) is 2.55. The third kappa shape index (κ3) is 4.37. The van der Waals surface area contributed by atoms with E-state index in [0.29, 0.717) is 27.8 Å². The number of fused-ring (bicyclic) bond motifs is 1. The highest BCUT2D eigenvalue weighted by atomic mass is 32.2. The molecule has 0 saturated carbocycles. The molecule has 0 radical (unpaired) electrons. The summed E-state index contributed by atoms with van der Waals surface area (Å²) >= 11 is 0.584. The predicted molar refractivity (Wildman–Crippen MR) is 91.2 cm³/mol. The highest BCUT2D eigenvalue weighted by Gasteiger charge is 2.32. The van der Waals surface area contributed by atoms with Crippen LogP contribution in [0.25, 0.3) is 0 Å². The van der Waals surface area contributed by atoms with Crippen LogP contribution in [0.15, 0.2) is 53.4 Å². The van der Waals surface area contributed by atoms with E-state index in [0.717, 1.165) is 0 Å². The third-order valence-electron chi connectivity index (χ3n) is 3.72. The van der Waals surface area contributed by atoms with Gasteiger partial charge in [-0.25, -0.2) is 4.79 Å². The summed E-state index contributed by atoms with van der Waals surface area (Å²) in [6.07, 6.45) is -5.13. The molecule has 2 aromatic rings. The molecule has 1 atom stereocenters. The van der Waals surface area contributed by atoms with Crippen molar-refractivity contribution in [2.45, 2.75) is 23.6 Å². The number of para-hydroxylation sites is 1. The van der Waals surface area contributed by atoms with Crippen molar-refractivity contribution in [1.29, 1.82) is 0 Å². The molecule has 1 aliphatic rings. The molecule has 136 valence electrons. The second-order valence-electron chi connectivity index (χ2n) is 5.64.